The van der Waals surface area contributed by atoms with Crippen LogP contribution in [0.25, 0.3) is 0 Å². The summed E-state index contributed by atoms with van der Waals surface area (Å²) in [5.74, 6) is 1.17. The van der Waals surface area contributed by atoms with Crippen molar-refractivity contribution in [1.82, 2.24) is 5.32 Å². The first kappa shape index (κ1) is 29.7. The van der Waals surface area contributed by atoms with Gasteiger partial charge >= 0.3 is 0 Å². The molecule has 1 heterocycles. The van der Waals surface area contributed by atoms with E-state index >= 15 is 0 Å². The molecule has 0 fully saturated rings. The van der Waals surface area contributed by atoms with E-state index in [-0.39, 0.29) is 5.91 Å². The zero-order chi connectivity index (χ0) is 25.8. The summed E-state index contributed by atoms with van der Waals surface area (Å²) in [6.45, 7) is 6.59. The molecule has 200 valence electrons. The van der Waals surface area contributed by atoms with Crippen molar-refractivity contribution in [2.24, 2.45) is 0 Å². The fraction of sp³-hybridized carbons (Fsp3) is 0.613. The number of pyridine rings is 1. The number of unbranched alkanes of at least 4 members (excludes halogenated alkanes) is 11. The molecular weight excluding hydrogens is 448 g/mol. The van der Waals surface area contributed by atoms with Gasteiger partial charge in [0.05, 0.1) is 13.7 Å². The molecule has 5 heteroatoms. The van der Waals surface area contributed by atoms with Crippen molar-refractivity contribution in [2.45, 2.75) is 110 Å². The molecule has 0 aliphatic heterocycles. The van der Waals surface area contributed by atoms with Gasteiger partial charge in [0.25, 0.3) is 5.91 Å². The van der Waals surface area contributed by atoms with Crippen LogP contribution < -0.4 is 19.4 Å². The number of aryl methyl sites for hydroxylation is 1. The molecule has 2 rings (SSSR count). The predicted molar refractivity (Wildman–Crippen MR) is 148 cm³/mol. The summed E-state index contributed by atoms with van der Waals surface area (Å²) in [5.41, 5.74) is 1.64. The molecule has 0 unspecified atom stereocenters. The number of hydrogen-bond acceptors (Lipinski definition) is 3. The van der Waals surface area contributed by atoms with Crippen LogP contribution in [0.4, 0.5) is 0 Å². The Hall–Kier alpha value is -2.56. The molecule has 1 aromatic heterocycles. The number of nitrogens with one attached hydrogen (secondary N) is 1. The second-order valence-corrected chi connectivity index (χ2v) is 9.73. The molecule has 0 atom stereocenters. The van der Waals surface area contributed by atoms with Crippen LogP contribution in [0.5, 0.6) is 11.5 Å². The first-order chi connectivity index (χ1) is 17.7. The Morgan fingerprint density at radius 3 is 1.97 bits per heavy atom. The number of hydrogen-bond donors (Lipinski definition) is 1. The molecule has 0 saturated carbocycles. The van der Waals surface area contributed by atoms with E-state index in [1.807, 2.05) is 18.2 Å². The summed E-state index contributed by atoms with van der Waals surface area (Å²) < 4.78 is 13.6. The van der Waals surface area contributed by atoms with Gasteiger partial charge in [0, 0.05) is 30.7 Å². The number of carbonyl (C=O) groups is 1. The standard InChI is InChI=1S/C31H48N2O3/c1-4-6-7-8-9-10-11-12-13-14-15-16-24-36-29-18-17-28(25-30(29)35-3)31(34)32-26-27-19-22-33(21-5-2)23-20-27/h17-20,22-23,25H,4-16,21,24,26H2,1-3H3/p+1. The van der Waals surface area contributed by atoms with Crippen LogP contribution in [0.1, 0.15) is 113 Å². The van der Waals surface area contributed by atoms with E-state index in [1.165, 1.54) is 70.6 Å². The van der Waals surface area contributed by atoms with Gasteiger partial charge in [-0.05, 0) is 30.2 Å². The molecule has 0 saturated heterocycles. The van der Waals surface area contributed by atoms with Crippen molar-refractivity contribution in [3.05, 3.63) is 53.9 Å². The Morgan fingerprint density at radius 2 is 1.39 bits per heavy atom. The summed E-state index contributed by atoms with van der Waals surface area (Å²) in [5, 5.41) is 2.99. The zero-order valence-corrected chi connectivity index (χ0v) is 23.0. The van der Waals surface area contributed by atoms with E-state index in [0.29, 0.717) is 30.2 Å². The van der Waals surface area contributed by atoms with Gasteiger partial charge in [-0.25, -0.2) is 4.57 Å². The number of methoxy groups -OCH3 is 1. The predicted octanol–water partition coefficient (Wildman–Crippen LogP) is 7.40. The normalized spacial score (nSPS) is 10.9. The molecule has 1 N–H and O–H groups in total. The Kier molecular flexibility index (Phi) is 15.4. The SMILES string of the molecule is CCCCCCCCCCCCCCOc1ccc(C(=O)NCc2cc[n+](CCC)cc2)cc1OC. The van der Waals surface area contributed by atoms with Crippen LogP contribution in [-0.2, 0) is 13.1 Å². The van der Waals surface area contributed by atoms with Crippen molar-refractivity contribution in [3.8, 4) is 11.5 Å². The molecule has 0 aliphatic rings. The summed E-state index contributed by atoms with van der Waals surface area (Å²) in [7, 11) is 1.61. The van der Waals surface area contributed by atoms with Gasteiger partial charge in [-0.15, -0.1) is 0 Å². The van der Waals surface area contributed by atoms with Crippen molar-refractivity contribution < 1.29 is 18.8 Å². The smallest absolute Gasteiger partial charge is 0.251 e. The third-order valence-electron chi connectivity index (χ3n) is 6.58. The summed E-state index contributed by atoms with van der Waals surface area (Å²) in [6, 6.07) is 9.49. The van der Waals surface area contributed by atoms with E-state index in [9.17, 15) is 4.79 Å². The average molecular weight is 498 g/mol. The maximum atomic E-state index is 12.6. The Morgan fingerprint density at radius 1 is 0.778 bits per heavy atom. The maximum Gasteiger partial charge on any atom is 0.251 e. The lowest BCUT2D eigenvalue weighted by atomic mass is 10.1. The second kappa shape index (κ2) is 18.7. The number of aromatic nitrogens is 1. The van der Waals surface area contributed by atoms with E-state index in [4.69, 9.17) is 9.47 Å². The van der Waals surface area contributed by atoms with Gasteiger partial charge in [0.15, 0.2) is 23.9 Å². The topological polar surface area (TPSA) is 51.4 Å². The molecule has 0 spiro atoms. The highest BCUT2D eigenvalue weighted by Gasteiger charge is 2.11. The molecule has 5 nitrogen and oxygen atoms in total. The number of benzene rings is 1. The van der Waals surface area contributed by atoms with Gasteiger partial charge in [-0.3, -0.25) is 4.79 Å². The highest BCUT2D eigenvalue weighted by molar-refractivity contribution is 5.94. The van der Waals surface area contributed by atoms with Crippen molar-refractivity contribution in [2.75, 3.05) is 13.7 Å². The summed E-state index contributed by atoms with van der Waals surface area (Å²) in [6.07, 6.45) is 21.1. The highest BCUT2D eigenvalue weighted by atomic mass is 16.5. The van der Waals surface area contributed by atoms with Crippen LogP contribution in [0.2, 0.25) is 0 Å². The quantitative estimate of drug-likeness (QED) is 0.153. The lowest BCUT2D eigenvalue weighted by Gasteiger charge is -2.12. The van der Waals surface area contributed by atoms with Crippen molar-refractivity contribution in [3.63, 3.8) is 0 Å². The van der Waals surface area contributed by atoms with Gasteiger partial charge in [0.2, 0.25) is 0 Å². The zero-order valence-electron chi connectivity index (χ0n) is 23.0. The van der Waals surface area contributed by atoms with Gasteiger partial charge in [0.1, 0.15) is 6.54 Å². The average Bonchev–Trinajstić information content (AvgIpc) is 2.91. The molecule has 36 heavy (non-hydrogen) atoms. The fourth-order valence-electron chi connectivity index (χ4n) is 4.35. The fourth-order valence-corrected chi connectivity index (χ4v) is 4.35. The first-order valence-corrected chi connectivity index (χ1v) is 14.2. The minimum atomic E-state index is -0.119. The lowest BCUT2D eigenvalue weighted by molar-refractivity contribution is -0.697. The summed E-state index contributed by atoms with van der Waals surface area (Å²) >= 11 is 0. The molecule has 1 aromatic carbocycles. The van der Waals surface area contributed by atoms with Gasteiger partial charge < -0.3 is 14.8 Å². The lowest BCUT2D eigenvalue weighted by Crippen LogP contribution is -2.32. The van der Waals surface area contributed by atoms with E-state index in [2.05, 4.69) is 36.1 Å². The highest BCUT2D eigenvalue weighted by Crippen LogP contribution is 2.28. The van der Waals surface area contributed by atoms with Crippen LogP contribution >= 0.6 is 0 Å². The number of amides is 1. The number of rotatable bonds is 20. The second-order valence-electron chi connectivity index (χ2n) is 9.73. The molecule has 2 aromatic rings. The molecule has 1 amide bonds. The van der Waals surface area contributed by atoms with Crippen LogP contribution in [0.15, 0.2) is 42.7 Å². The number of ether oxygens (including phenoxy) is 2. The van der Waals surface area contributed by atoms with E-state index < -0.39 is 0 Å². The Labute approximate surface area is 219 Å². The number of carbonyl (C=O) groups excluding carboxylic acids is 1. The van der Waals surface area contributed by atoms with Crippen LogP contribution in [-0.4, -0.2) is 19.6 Å². The minimum Gasteiger partial charge on any atom is -0.493 e. The minimum absolute atomic E-state index is 0.119. The third kappa shape index (κ3) is 11.9. The molecular formula is C31H49N2O3+. The van der Waals surface area contributed by atoms with Crippen LogP contribution in [0.3, 0.4) is 0 Å². The molecule has 0 bridgehead atoms. The molecule has 0 radical (unpaired) electrons. The van der Waals surface area contributed by atoms with E-state index in [1.54, 1.807) is 19.2 Å². The Balaban J connectivity index is 1.63. The van der Waals surface area contributed by atoms with Crippen molar-refractivity contribution >= 4 is 5.91 Å². The maximum absolute atomic E-state index is 12.6. The van der Waals surface area contributed by atoms with Crippen LogP contribution in [0, 0.1) is 0 Å². The largest absolute Gasteiger partial charge is 0.493 e. The Bertz CT molecular complexity index is 851. The number of nitrogens with zero attached hydrogens (tertiary/aromatic N) is 1. The van der Waals surface area contributed by atoms with E-state index in [0.717, 1.165) is 24.9 Å². The third-order valence-corrected chi connectivity index (χ3v) is 6.58. The first-order valence-electron chi connectivity index (χ1n) is 14.2. The van der Waals surface area contributed by atoms with Crippen molar-refractivity contribution in [1.29, 1.82) is 0 Å². The molecule has 0 aliphatic carbocycles. The van der Waals surface area contributed by atoms with Gasteiger partial charge in [-0.1, -0.05) is 84.5 Å². The monoisotopic (exact) mass is 497 g/mol. The summed E-state index contributed by atoms with van der Waals surface area (Å²) in [4.78, 5) is 12.6. The van der Waals surface area contributed by atoms with Gasteiger partial charge in [-0.2, -0.15) is 0 Å².